The molecule has 2 amide bonds. The smallest absolute Gasteiger partial charge is 0.254 e. The third-order valence-electron chi connectivity index (χ3n) is 5.85. The van der Waals surface area contributed by atoms with E-state index in [1.165, 1.54) is 11.8 Å². The maximum absolute atomic E-state index is 13.5. The fraction of sp³-hybridized carbons (Fsp3) is 0.133. The van der Waals surface area contributed by atoms with Crippen molar-refractivity contribution in [1.82, 2.24) is 5.32 Å². The summed E-state index contributed by atoms with van der Waals surface area (Å²) >= 11 is 7.31. The van der Waals surface area contributed by atoms with Crippen LogP contribution < -0.4 is 16.0 Å². The number of hydrogen-bond acceptors (Lipinski definition) is 4. The van der Waals surface area contributed by atoms with Crippen LogP contribution in [0.4, 0.5) is 11.4 Å². The Kier molecular flexibility index (Phi) is 8.39. The van der Waals surface area contributed by atoms with Gasteiger partial charge < -0.3 is 16.0 Å². The molecule has 3 aromatic rings. The molecule has 7 heteroatoms. The number of aryl methyl sites for hydroxylation is 1. The normalized spacial score (nSPS) is 15.0. The van der Waals surface area contributed by atoms with Gasteiger partial charge >= 0.3 is 0 Å². The van der Waals surface area contributed by atoms with Crippen molar-refractivity contribution in [2.45, 2.75) is 19.8 Å². The maximum atomic E-state index is 13.5. The molecule has 1 atom stereocenters. The van der Waals surface area contributed by atoms with Gasteiger partial charge in [0.2, 0.25) is 5.91 Å². The van der Waals surface area contributed by atoms with E-state index < -0.39 is 5.92 Å². The van der Waals surface area contributed by atoms with E-state index in [1.807, 2.05) is 68.4 Å². The van der Waals surface area contributed by atoms with Crippen LogP contribution in [-0.2, 0) is 9.59 Å². The van der Waals surface area contributed by atoms with E-state index in [0.29, 0.717) is 32.6 Å². The topological polar surface area (TPSA) is 70.2 Å². The number of hydrogen-bond donors (Lipinski definition) is 3. The first kappa shape index (κ1) is 26.2. The second kappa shape index (κ2) is 11.9. The third kappa shape index (κ3) is 6.45. The Hall–Kier alpha value is -3.92. The second-order valence-corrected chi connectivity index (χ2v) is 9.98. The largest absolute Gasteiger partial charge is 0.353 e. The number of halogens is 1. The first-order chi connectivity index (χ1) is 17.9. The number of carbonyl (C=O) groups is 2. The van der Waals surface area contributed by atoms with Gasteiger partial charge in [-0.25, -0.2) is 0 Å². The number of carbonyl (C=O) groups excluding carboxylic acids is 2. The van der Waals surface area contributed by atoms with Crippen LogP contribution in [0.25, 0.3) is 0 Å². The van der Waals surface area contributed by atoms with Crippen LogP contribution in [0.1, 0.15) is 24.0 Å². The SMILES string of the molecule is C#CC1=C(SCC(=O)Nc2ccc(C)cc2)NC(C)=C(C(=O)Nc2ccc(Cl)cc2)C1c1ccccc1. The summed E-state index contributed by atoms with van der Waals surface area (Å²) in [6, 6.07) is 24.2. The lowest BCUT2D eigenvalue weighted by atomic mass is 9.82. The predicted molar refractivity (Wildman–Crippen MR) is 153 cm³/mol. The van der Waals surface area contributed by atoms with Crippen molar-refractivity contribution in [3.8, 4) is 12.3 Å². The molecule has 0 saturated heterocycles. The molecule has 1 aliphatic rings. The standard InChI is InChI=1S/C30H26ClN3O2S/c1-4-25-28(21-8-6-5-7-9-21)27(29(36)34-24-16-12-22(31)13-17-24)20(3)32-30(25)37-18-26(35)33-23-14-10-19(2)11-15-23/h1,5-17,28,32H,18H2,2-3H3,(H,33,35)(H,34,36). The molecule has 186 valence electrons. The summed E-state index contributed by atoms with van der Waals surface area (Å²) in [7, 11) is 0. The number of nitrogens with one attached hydrogen (secondary N) is 3. The summed E-state index contributed by atoms with van der Waals surface area (Å²) in [4.78, 5) is 26.2. The number of benzene rings is 3. The van der Waals surface area contributed by atoms with E-state index in [1.54, 1.807) is 24.3 Å². The number of rotatable bonds is 7. The minimum Gasteiger partial charge on any atom is -0.353 e. The lowest BCUT2D eigenvalue weighted by molar-refractivity contribution is -0.114. The van der Waals surface area contributed by atoms with Crippen molar-refractivity contribution in [2.75, 3.05) is 16.4 Å². The van der Waals surface area contributed by atoms with Crippen molar-refractivity contribution in [2.24, 2.45) is 0 Å². The number of terminal acetylenes is 1. The number of thioether (sulfide) groups is 1. The summed E-state index contributed by atoms with van der Waals surface area (Å²) < 4.78 is 0. The monoisotopic (exact) mass is 527 g/mol. The molecule has 4 rings (SSSR count). The Morgan fingerprint density at radius 3 is 2.22 bits per heavy atom. The Balaban J connectivity index is 1.60. The fourth-order valence-corrected chi connectivity index (χ4v) is 5.07. The molecule has 1 heterocycles. The quantitative estimate of drug-likeness (QED) is 0.308. The molecule has 1 unspecified atom stereocenters. The molecule has 0 fully saturated rings. The highest BCUT2D eigenvalue weighted by molar-refractivity contribution is 8.03. The zero-order chi connectivity index (χ0) is 26.4. The molecule has 0 aliphatic carbocycles. The molecule has 3 aromatic carbocycles. The fourth-order valence-electron chi connectivity index (χ4n) is 4.04. The van der Waals surface area contributed by atoms with Gasteiger partial charge in [-0.3, -0.25) is 9.59 Å². The number of amides is 2. The Morgan fingerprint density at radius 2 is 1.57 bits per heavy atom. The summed E-state index contributed by atoms with van der Waals surface area (Å²) in [6.07, 6.45) is 6.01. The van der Waals surface area contributed by atoms with Crippen molar-refractivity contribution in [3.05, 3.63) is 117 Å². The van der Waals surface area contributed by atoms with Gasteiger partial charge in [0.05, 0.1) is 16.7 Å². The van der Waals surface area contributed by atoms with Gasteiger partial charge in [-0.05, 0) is 55.8 Å². The van der Waals surface area contributed by atoms with Crippen LogP contribution in [0.5, 0.6) is 0 Å². The minimum atomic E-state index is -0.470. The molecule has 0 spiro atoms. The van der Waals surface area contributed by atoms with E-state index >= 15 is 0 Å². The van der Waals surface area contributed by atoms with Crippen LogP contribution in [-0.4, -0.2) is 17.6 Å². The van der Waals surface area contributed by atoms with Crippen LogP contribution in [0, 0.1) is 19.3 Å². The van der Waals surface area contributed by atoms with Crippen molar-refractivity contribution < 1.29 is 9.59 Å². The lowest BCUT2D eigenvalue weighted by Crippen LogP contribution is -2.31. The summed E-state index contributed by atoms with van der Waals surface area (Å²) in [5.74, 6) is 2.06. The highest BCUT2D eigenvalue weighted by Crippen LogP contribution is 2.41. The molecule has 0 bridgehead atoms. The molecule has 0 aromatic heterocycles. The molecule has 0 radical (unpaired) electrons. The average Bonchev–Trinajstić information content (AvgIpc) is 2.90. The van der Waals surface area contributed by atoms with E-state index in [4.69, 9.17) is 18.0 Å². The average molecular weight is 528 g/mol. The van der Waals surface area contributed by atoms with Crippen LogP contribution in [0.15, 0.2) is 101 Å². The van der Waals surface area contributed by atoms with Crippen molar-refractivity contribution >= 4 is 46.6 Å². The third-order valence-corrected chi connectivity index (χ3v) is 7.11. The first-order valence-corrected chi connectivity index (χ1v) is 13.0. The maximum Gasteiger partial charge on any atom is 0.254 e. The second-order valence-electron chi connectivity index (χ2n) is 8.56. The Labute approximate surface area is 226 Å². The Bertz CT molecular complexity index is 1410. The van der Waals surface area contributed by atoms with Gasteiger partial charge in [0.15, 0.2) is 0 Å². The van der Waals surface area contributed by atoms with Crippen LogP contribution >= 0.6 is 23.4 Å². The number of allylic oxidation sites excluding steroid dienone is 2. The van der Waals surface area contributed by atoms with Gasteiger partial charge in [-0.2, -0.15) is 0 Å². The summed E-state index contributed by atoms with van der Waals surface area (Å²) in [6.45, 7) is 3.83. The molecule has 0 saturated carbocycles. The summed E-state index contributed by atoms with van der Waals surface area (Å²) in [5.41, 5.74) is 5.15. The molecule has 3 N–H and O–H groups in total. The van der Waals surface area contributed by atoms with Gasteiger partial charge in [0.1, 0.15) is 0 Å². The zero-order valence-electron chi connectivity index (χ0n) is 20.5. The van der Waals surface area contributed by atoms with Gasteiger partial charge in [0.25, 0.3) is 5.91 Å². The van der Waals surface area contributed by atoms with Gasteiger partial charge in [0, 0.05) is 33.2 Å². The highest BCUT2D eigenvalue weighted by atomic mass is 35.5. The first-order valence-electron chi connectivity index (χ1n) is 11.7. The van der Waals surface area contributed by atoms with E-state index in [0.717, 1.165) is 16.8 Å². The molecule has 37 heavy (non-hydrogen) atoms. The van der Waals surface area contributed by atoms with Gasteiger partial charge in [-0.15, -0.1) is 6.42 Å². The Morgan fingerprint density at radius 1 is 0.946 bits per heavy atom. The van der Waals surface area contributed by atoms with E-state index in [2.05, 4.69) is 21.9 Å². The molecule has 5 nitrogen and oxygen atoms in total. The summed E-state index contributed by atoms with van der Waals surface area (Å²) in [5, 5.41) is 10.4. The van der Waals surface area contributed by atoms with E-state index in [-0.39, 0.29) is 17.6 Å². The van der Waals surface area contributed by atoms with E-state index in [9.17, 15) is 9.59 Å². The molecular formula is C30H26ClN3O2S. The predicted octanol–water partition coefficient (Wildman–Crippen LogP) is 6.46. The number of anilines is 2. The van der Waals surface area contributed by atoms with Crippen molar-refractivity contribution in [3.63, 3.8) is 0 Å². The number of dihydropyridines is 1. The minimum absolute atomic E-state index is 0.149. The van der Waals surface area contributed by atoms with Crippen LogP contribution in [0.2, 0.25) is 5.02 Å². The lowest BCUT2D eigenvalue weighted by Gasteiger charge is -2.30. The highest BCUT2D eigenvalue weighted by Gasteiger charge is 2.34. The van der Waals surface area contributed by atoms with Crippen molar-refractivity contribution in [1.29, 1.82) is 0 Å². The van der Waals surface area contributed by atoms with Gasteiger partial charge in [-0.1, -0.05) is 77.3 Å². The van der Waals surface area contributed by atoms with Crippen LogP contribution in [0.3, 0.4) is 0 Å². The molecule has 1 aliphatic heterocycles. The molecular weight excluding hydrogens is 502 g/mol. The zero-order valence-corrected chi connectivity index (χ0v) is 22.0.